The number of para-hydroxylation sites is 1. The number of aromatic hydroxyl groups is 1. The summed E-state index contributed by atoms with van der Waals surface area (Å²) in [4.78, 5) is 12.9. The van der Waals surface area contributed by atoms with Crippen LogP contribution in [0, 0.1) is 23.2 Å². The number of hydrogen-bond donors (Lipinski definition) is 3. The number of phenols is 1. The number of benzene rings is 1. The van der Waals surface area contributed by atoms with Crippen molar-refractivity contribution in [2.75, 3.05) is 26.2 Å². The van der Waals surface area contributed by atoms with Gasteiger partial charge in [-0.1, -0.05) is 6.07 Å². The van der Waals surface area contributed by atoms with Crippen molar-refractivity contribution in [3.63, 3.8) is 0 Å². The number of carbonyl (C=O) groups is 1. The molecule has 4 saturated carbocycles. The molecule has 1 heterocycles. The SMILES string of the molecule is Cl.O=C(NCCNCC1COc2cccc(O)c2O1)C12CC3CC(CC(C3)C1)C2. The first kappa shape index (κ1) is 20.6. The van der Waals surface area contributed by atoms with E-state index in [4.69, 9.17) is 9.47 Å². The lowest BCUT2D eigenvalue weighted by molar-refractivity contribution is -0.146. The largest absolute Gasteiger partial charge is 0.504 e. The van der Waals surface area contributed by atoms with Gasteiger partial charge >= 0.3 is 0 Å². The molecule has 1 aliphatic heterocycles. The van der Waals surface area contributed by atoms with Crippen molar-refractivity contribution < 1.29 is 19.4 Å². The smallest absolute Gasteiger partial charge is 0.226 e. The molecule has 29 heavy (non-hydrogen) atoms. The Morgan fingerprint density at radius 2 is 1.79 bits per heavy atom. The van der Waals surface area contributed by atoms with Gasteiger partial charge in [0, 0.05) is 25.0 Å². The average molecular weight is 423 g/mol. The maximum absolute atomic E-state index is 12.9. The van der Waals surface area contributed by atoms with Crippen LogP contribution in [-0.2, 0) is 4.79 Å². The molecule has 4 fully saturated rings. The van der Waals surface area contributed by atoms with Gasteiger partial charge in [-0.2, -0.15) is 0 Å². The molecule has 6 nitrogen and oxygen atoms in total. The van der Waals surface area contributed by atoms with Crippen molar-refractivity contribution in [3.8, 4) is 17.2 Å². The lowest BCUT2D eigenvalue weighted by Crippen LogP contribution is -2.54. The Morgan fingerprint density at radius 3 is 2.48 bits per heavy atom. The number of carbonyl (C=O) groups excluding carboxylic acids is 1. The second-order valence-corrected chi connectivity index (χ2v) is 9.31. The van der Waals surface area contributed by atoms with Gasteiger partial charge in [0.25, 0.3) is 0 Å². The van der Waals surface area contributed by atoms with Crippen LogP contribution in [0.4, 0.5) is 0 Å². The van der Waals surface area contributed by atoms with Crippen molar-refractivity contribution in [2.45, 2.75) is 44.6 Å². The highest BCUT2D eigenvalue weighted by molar-refractivity contribution is 5.85. The van der Waals surface area contributed by atoms with E-state index in [1.807, 2.05) is 0 Å². The van der Waals surface area contributed by atoms with Crippen molar-refractivity contribution in [1.82, 2.24) is 10.6 Å². The molecule has 6 rings (SSSR count). The van der Waals surface area contributed by atoms with Gasteiger partial charge in [0.05, 0.1) is 0 Å². The van der Waals surface area contributed by atoms with Crippen LogP contribution in [0.5, 0.6) is 17.2 Å². The molecular formula is C22H31ClN2O4. The molecule has 7 heteroatoms. The molecule has 0 radical (unpaired) electrons. The molecule has 0 spiro atoms. The Hall–Kier alpha value is -1.66. The van der Waals surface area contributed by atoms with Gasteiger partial charge in [0.2, 0.25) is 11.7 Å². The van der Waals surface area contributed by atoms with Gasteiger partial charge < -0.3 is 25.2 Å². The summed E-state index contributed by atoms with van der Waals surface area (Å²) >= 11 is 0. The van der Waals surface area contributed by atoms with E-state index in [0.717, 1.165) is 37.0 Å². The number of ether oxygens (including phenoxy) is 2. The zero-order valence-electron chi connectivity index (χ0n) is 16.7. The van der Waals surface area contributed by atoms with Crippen molar-refractivity contribution in [2.24, 2.45) is 23.2 Å². The molecule has 3 N–H and O–H groups in total. The van der Waals surface area contributed by atoms with Crippen LogP contribution < -0.4 is 20.1 Å². The lowest BCUT2D eigenvalue weighted by atomic mass is 9.49. The van der Waals surface area contributed by atoms with Crippen LogP contribution in [0.1, 0.15) is 38.5 Å². The quantitative estimate of drug-likeness (QED) is 0.614. The Bertz CT molecular complexity index is 721. The van der Waals surface area contributed by atoms with E-state index in [9.17, 15) is 9.90 Å². The molecule has 1 atom stereocenters. The average Bonchev–Trinajstić information content (AvgIpc) is 2.67. The molecule has 0 saturated heterocycles. The van der Waals surface area contributed by atoms with Crippen LogP contribution in [-0.4, -0.2) is 43.4 Å². The van der Waals surface area contributed by atoms with Gasteiger partial charge in [0.1, 0.15) is 12.7 Å². The molecule has 1 aromatic carbocycles. The van der Waals surface area contributed by atoms with Crippen LogP contribution in [0.15, 0.2) is 18.2 Å². The third-order valence-electron chi connectivity index (χ3n) is 7.15. The van der Waals surface area contributed by atoms with Crippen LogP contribution in [0.2, 0.25) is 0 Å². The highest BCUT2D eigenvalue weighted by Crippen LogP contribution is 2.60. The van der Waals surface area contributed by atoms with E-state index in [2.05, 4.69) is 10.6 Å². The fraction of sp³-hybridized carbons (Fsp3) is 0.682. The predicted molar refractivity (Wildman–Crippen MR) is 112 cm³/mol. The van der Waals surface area contributed by atoms with Gasteiger partial charge in [-0.15, -0.1) is 12.4 Å². The third-order valence-corrected chi connectivity index (χ3v) is 7.15. The van der Waals surface area contributed by atoms with Gasteiger partial charge in [-0.05, 0) is 68.4 Å². The number of fused-ring (bicyclic) bond motifs is 1. The normalized spacial score (nSPS) is 33.8. The summed E-state index contributed by atoms with van der Waals surface area (Å²) in [6, 6.07) is 5.12. The van der Waals surface area contributed by atoms with Crippen LogP contribution in [0.3, 0.4) is 0 Å². The summed E-state index contributed by atoms with van der Waals surface area (Å²) in [5.41, 5.74) is -0.0731. The molecule has 4 bridgehead atoms. The number of hydrogen-bond acceptors (Lipinski definition) is 5. The van der Waals surface area contributed by atoms with E-state index in [-0.39, 0.29) is 35.6 Å². The standard InChI is InChI=1S/C22H30N2O4.ClH/c25-18-2-1-3-19-20(18)28-17(13-27-19)12-23-4-5-24-21(26)22-9-14-6-15(10-22)8-16(7-14)11-22;/h1-3,14-17,23,25H,4-13H2,(H,24,26);1H. The lowest BCUT2D eigenvalue weighted by Gasteiger charge is -2.55. The third kappa shape index (κ3) is 4.02. The molecule has 160 valence electrons. The molecule has 1 amide bonds. The number of phenolic OH excluding ortho intramolecular Hbond substituents is 1. The maximum atomic E-state index is 12.9. The van der Waals surface area contributed by atoms with Crippen molar-refractivity contribution in [3.05, 3.63) is 18.2 Å². The Morgan fingerprint density at radius 1 is 1.10 bits per heavy atom. The summed E-state index contributed by atoms with van der Waals surface area (Å²) in [7, 11) is 0. The van der Waals surface area contributed by atoms with Crippen LogP contribution >= 0.6 is 12.4 Å². The maximum Gasteiger partial charge on any atom is 0.226 e. The Kier molecular flexibility index (Phi) is 5.85. The number of amides is 1. The minimum absolute atomic E-state index is 0. The highest BCUT2D eigenvalue weighted by atomic mass is 35.5. The molecule has 5 aliphatic rings. The monoisotopic (exact) mass is 422 g/mol. The minimum atomic E-state index is -0.153. The topological polar surface area (TPSA) is 79.8 Å². The summed E-state index contributed by atoms with van der Waals surface area (Å²) in [5.74, 6) is 3.75. The zero-order valence-corrected chi connectivity index (χ0v) is 17.5. The van der Waals surface area contributed by atoms with Crippen molar-refractivity contribution >= 4 is 18.3 Å². The van der Waals surface area contributed by atoms with E-state index in [1.165, 1.54) is 19.3 Å². The first-order valence-corrected chi connectivity index (χ1v) is 10.7. The Balaban J connectivity index is 0.00000205. The molecule has 0 aromatic heterocycles. The molecule has 4 aliphatic carbocycles. The van der Waals surface area contributed by atoms with E-state index in [0.29, 0.717) is 37.7 Å². The van der Waals surface area contributed by atoms with Gasteiger partial charge in [0.15, 0.2) is 11.5 Å². The minimum Gasteiger partial charge on any atom is -0.504 e. The predicted octanol–water partition coefficient (Wildman–Crippen LogP) is 2.88. The molecule has 1 aromatic rings. The first-order chi connectivity index (χ1) is 13.6. The van der Waals surface area contributed by atoms with Crippen LogP contribution in [0.25, 0.3) is 0 Å². The Labute approximate surface area is 178 Å². The fourth-order valence-corrected chi connectivity index (χ4v) is 6.32. The molecular weight excluding hydrogens is 392 g/mol. The highest BCUT2D eigenvalue weighted by Gasteiger charge is 2.54. The fourth-order valence-electron chi connectivity index (χ4n) is 6.32. The zero-order chi connectivity index (χ0) is 19.1. The number of rotatable bonds is 6. The summed E-state index contributed by atoms with van der Waals surface area (Å²) in [6.45, 7) is 2.39. The summed E-state index contributed by atoms with van der Waals surface area (Å²) < 4.78 is 11.5. The second kappa shape index (κ2) is 8.23. The summed E-state index contributed by atoms with van der Waals surface area (Å²) in [5, 5.41) is 16.4. The first-order valence-electron chi connectivity index (χ1n) is 10.7. The second-order valence-electron chi connectivity index (χ2n) is 9.31. The van der Waals surface area contributed by atoms with E-state index < -0.39 is 0 Å². The summed E-state index contributed by atoms with van der Waals surface area (Å²) in [6.07, 6.45) is 7.24. The number of nitrogens with one attached hydrogen (secondary N) is 2. The van der Waals surface area contributed by atoms with E-state index >= 15 is 0 Å². The molecule has 1 unspecified atom stereocenters. The number of halogens is 1. The van der Waals surface area contributed by atoms with E-state index in [1.54, 1.807) is 18.2 Å². The van der Waals surface area contributed by atoms with Gasteiger partial charge in [-0.3, -0.25) is 4.79 Å². The van der Waals surface area contributed by atoms with Crippen molar-refractivity contribution in [1.29, 1.82) is 0 Å². The van der Waals surface area contributed by atoms with Gasteiger partial charge in [-0.25, -0.2) is 0 Å².